The first-order valence-corrected chi connectivity index (χ1v) is 8.72. The van der Waals surface area contributed by atoms with Gasteiger partial charge in [0, 0.05) is 16.8 Å². The number of ether oxygens (including phenoxy) is 1. The smallest absolute Gasteiger partial charge is 0.418 e. The molecule has 1 aliphatic rings. The zero-order valence-corrected chi connectivity index (χ0v) is 15.0. The van der Waals surface area contributed by atoms with Gasteiger partial charge in [0.05, 0.1) is 23.4 Å². The number of hydrogen-bond acceptors (Lipinski definition) is 4. The number of aromatic nitrogens is 1. The summed E-state index contributed by atoms with van der Waals surface area (Å²) < 4.78 is 6.54. The van der Waals surface area contributed by atoms with Gasteiger partial charge < -0.3 is 4.74 Å². The average Bonchev–Trinajstić information content (AvgIpc) is 3.00. The number of fused-ring (bicyclic) bond motifs is 2. The Morgan fingerprint density at radius 1 is 0.889 bits per heavy atom. The maximum Gasteiger partial charge on any atom is 0.418 e. The van der Waals surface area contributed by atoms with Crippen LogP contribution in [0.25, 0.3) is 11.3 Å². The van der Waals surface area contributed by atoms with Crippen molar-refractivity contribution in [2.75, 3.05) is 6.61 Å². The molecule has 1 aromatic heterocycles. The maximum absolute atomic E-state index is 13.3. The van der Waals surface area contributed by atoms with Crippen molar-refractivity contribution in [3.63, 3.8) is 0 Å². The highest BCUT2D eigenvalue weighted by molar-refractivity contribution is 6.31. The van der Waals surface area contributed by atoms with Crippen LogP contribution in [0.2, 0.25) is 0 Å². The highest BCUT2D eigenvalue weighted by Gasteiger charge is 2.38. The fraction of sp³-hybridized carbons (Fsp3) is 0.136. The molecule has 0 N–H and O–H groups in total. The lowest BCUT2D eigenvalue weighted by atomic mass is 9.83. The number of benzene rings is 2. The topological polar surface area (TPSA) is 65.4 Å². The van der Waals surface area contributed by atoms with Gasteiger partial charge >= 0.3 is 6.09 Å². The summed E-state index contributed by atoms with van der Waals surface area (Å²) in [6.45, 7) is 3.57. The van der Waals surface area contributed by atoms with Gasteiger partial charge in [0.25, 0.3) is 0 Å². The Bertz CT molecular complexity index is 1090. The molecule has 0 radical (unpaired) electrons. The Hall–Kier alpha value is -3.47. The average molecular weight is 359 g/mol. The molecule has 0 saturated heterocycles. The van der Waals surface area contributed by atoms with Gasteiger partial charge in [-0.1, -0.05) is 54.6 Å². The highest BCUT2D eigenvalue weighted by atomic mass is 16.5. The predicted molar refractivity (Wildman–Crippen MR) is 100 cm³/mol. The van der Waals surface area contributed by atoms with Crippen LogP contribution in [0.1, 0.15) is 44.5 Å². The number of rotatable bonds is 2. The quantitative estimate of drug-likeness (QED) is 0.537. The van der Waals surface area contributed by atoms with E-state index in [2.05, 4.69) is 0 Å². The summed E-state index contributed by atoms with van der Waals surface area (Å²) in [5.41, 5.74) is 2.73. The molecule has 0 atom stereocenters. The minimum atomic E-state index is -0.604. The SMILES string of the molecule is CCOC(=O)n1c(C)c2c(c1-c1ccccc1)C(=O)c1ccccc1C2=O. The molecule has 0 amide bonds. The van der Waals surface area contributed by atoms with Crippen LogP contribution >= 0.6 is 0 Å². The van der Waals surface area contributed by atoms with E-state index in [1.54, 1.807) is 38.1 Å². The summed E-state index contributed by atoms with van der Waals surface area (Å²) in [5, 5.41) is 0. The van der Waals surface area contributed by atoms with Gasteiger partial charge in [-0.2, -0.15) is 0 Å². The zero-order valence-electron chi connectivity index (χ0n) is 15.0. The van der Waals surface area contributed by atoms with Gasteiger partial charge in [-0.15, -0.1) is 0 Å². The molecule has 0 saturated carbocycles. The lowest BCUT2D eigenvalue weighted by Gasteiger charge is -2.15. The van der Waals surface area contributed by atoms with Gasteiger partial charge in [0.1, 0.15) is 0 Å². The molecule has 1 heterocycles. The first-order chi connectivity index (χ1) is 13.1. The van der Waals surface area contributed by atoms with Crippen LogP contribution in [0.5, 0.6) is 0 Å². The van der Waals surface area contributed by atoms with Crippen molar-refractivity contribution in [2.45, 2.75) is 13.8 Å². The first-order valence-electron chi connectivity index (χ1n) is 8.72. The molecular weight excluding hydrogens is 342 g/mol. The molecule has 5 nitrogen and oxygen atoms in total. The molecule has 0 unspecified atom stereocenters. The van der Waals surface area contributed by atoms with Crippen LogP contribution in [0.15, 0.2) is 54.6 Å². The van der Waals surface area contributed by atoms with Crippen molar-refractivity contribution in [3.8, 4) is 11.3 Å². The van der Waals surface area contributed by atoms with Crippen molar-refractivity contribution in [1.82, 2.24) is 4.57 Å². The Morgan fingerprint density at radius 2 is 1.44 bits per heavy atom. The number of nitrogens with zero attached hydrogens (tertiary/aromatic N) is 1. The third-order valence-corrected chi connectivity index (χ3v) is 4.78. The molecule has 5 heteroatoms. The van der Waals surface area contributed by atoms with Gasteiger partial charge in [0.2, 0.25) is 0 Å². The standard InChI is InChI=1S/C22H17NO4/c1-3-27-22(26)23-13(2)17-18(19(23)14-9-5-4-6-10-14)21(25)16-12-8-7-11-15(16)20(17)24/h4-12H,3H2,1-2H3. The molecule has 4 rings (SSSR count). The third kappa shape index (κ3) is 2.43. The molecule has 0 bridgehead atoms. The molecular formula is C22H17NO4. The molecule has 1 aliphatic carbocycles. The van der Waals surface area contributed by atoms with Crippen molar-refractivity contribution in [2.24, 2.45) is 0 Å². The van der Waals surface area contributed by atoms with Gasteiger partial charge in [0.15, 0.2) is 11.6 Å². The van der Waals surface area contributed by atoms with E-state index in [0.29, 0.717) is 28.1 Å². The fourth-order valence-electron chi connectivity index (χ4n) is 3.62. The van der Waals surface area contributed by atoms with E-state index in [0.717, 1.165) is 0 Å². The van der Waals surface area contributed by atoms with Gasteiger partial charge in [-0.25, -0.2) is 9.36 Å². The number of hydrogen-bond donors (Lipinski definition) is 0. The van der Waals surface area contributed by atoms with Crippen LogP contribution in [0.3, 0.4) is 0 Å². The second-order valence-corrected chi connectivity index (χ2v) is 6.29. The Labute approximate surface area is 156 Å². The maximum atomic E-state index is 13.3. The van der Waals surface area contributed by atoms with E-state index in [4.69, 9.17) is 4.74 Å². The van der Waals surface area contributed by atoms with Crippen LogP contribution in [-0.4, -0.2) is 28.8 Å². The molecule has 134 valence electrons. The van der Waals surface area contributed by atoms with E-state index >= 15 is 0 Å². The third-order valence-electron chi connectivity index (χ3n) is 4.78. The van der Waals surface area contributed by atoms with Gasteiger partial charge in [-0.05, 0) is 19.4 Å². The van der Waals surface area contributed by atoms with E-state index in [1.807, 2.05) is 30.3 Å². The van der Waals surface area contributed by atoms with Crippen LogP contribution in [0.4, 0.5) is 4.79 Å². The Balaban J connectivity index is 2.08. The first kappa shape index (κ1) is 17.0. The summed E-state index contributed by atoms with van der Waals surface area (Å²) in [4.78, 5) is 39.1. The van der Waals surface area contributed by atoms with Crippen molar-refractivity contribution < 1.29 is 19.1 Å². The Kier molecular flexibility index (Phi) is 4.00. The van der Waals surface area contributed by atoms with Crippen molar-refractivity contribution in [3.05, 3.63) is 82.5 Å². The number of carbonyl (C=O) groups is 3. The molecule has 0 aliphatic heterocycles. The van der Waals surface area contributed by atoms with Crippen LogP contribution < -0.4 is 0 Å². The van der Waals surface area contributed by atoms with Crippen LogP contribution in [0, 0.1) is 6.92 Å². The normalized spacial score (nSPS) is 12.5. The molecule has 2 aromatic carbocycles. The highest BCUT2D eigenvalue weighted by Crippen LogP contribution is 2.38. The second kappa shape index (κ2) is 6.36. The van der Waals surface area contributed by atoms with Crippen molar-refractivity contribution >= 4 is 17.7 Å². The van der Waals surface area contributed by atoms with E-state index in [9.17, 15) is 14.4 Å². The fourth-order valence-corrected chi connectivity index (χ4v) is 3.62. The number of carbonyl (C=O) groups excluding carboxylic acids is 3. The molecule has 0 fully saturated rings. The van der Waals surface area contributed by atoms with E-state index in [-0.39, 0.29) is 29.3 Å². The van der Waals surface area contributed by atoms with Crippen LogP contribution in [-0.2, 0) is 4.74 Å². The molecule has 27 heavy (non-hydrogen) atoms. The van der Waals surface area contributed by atoms with E-state index in [1.165, 1.54) is 4.57 Å². The molecule has 0 spiro atoms. The largest absolute Gasteiger partial charge is 0.449 e. The summed E-state index contributed by atoms with van der Waals surface area (Å²) in [5.74, 6) is -0.511. The Morgan fingerprint density at radius 3 is 2.04 bits per heavy atom. The van der Waals surface area contributed by atoms with Gasteiger partial charge in [-0.3, -0.25) is 9.59 Å². The summed E-state index contributed by atoms with van der Waals surface area (Å²) >= 11 is 0. The second-order valence-electron chi connectivity index (χ2n) is 6.29. The summed E-state index contributed by atoms with van der Waals surface area (Å²) in [7, 11) is 0. The van der Waals surface area contributed by atoms with E-state index < -0.39 is 6.09 Å². The monoisotopic (exact) mass is 359 g/mol. The molecule has 3 aromatic rings. The lowest BCUT2D eigenvalue weighted by Crippen LogP contribution is -2.20. The summed E-state index contributed by atoms with van der Waals surface area (Å²) in [6.07, 6.45) is -0.604. The minimum absolute atomic E-state index is 0.192. The minimum Gasteiger partial charge on any atom is -0.449 e. The zero-order chi connectivity index (χ0) is 19.1. The lowest BCUT2D eigenvalue weighted by molar-refractivity contribution is 0.0980. The van der Waals surface area contributed by atoms with Crippen molar-refractivity contribution in [1.29, 1.82) is 0 Å². The predicted octanol–water partition coefficient (Wildman–Crippen LogP) is 4.24. The number of ketones is 2. The summed E-state index contributed by atoms with van der Waals surface area (Å²) in [6, 6.07) is 15.9.